The largest absolute Gasteiger partial charge is 0.368 e. The molecule has 2 aromatic heterocycles. The Morgan fingerprint density at radius 2 is 1.62 bits per heavy atom. The molecular weight excluding hydrogens is 398 g/mol. The highest BCUT2D eigenvalue weighted by Crippen LogP contribution is 2.24. The molecule has 0 spiro atoms. The van der Waals surface area contributed by atoms with E-state index in [1.54, 1.807) is 16.9 Å². The van der Waals surface area contributed by atoms with Crippen molar-refractivity contribution < 1.29 is 4.79 Å². The van der Waals surface area contributed by atoms with Gasteiger partial charge in [-0.2, -0.15) is 5.10 Å². The molecule has 5 rings (SSSR count). The zero-order valence-electron chi connectivity index (χ0n) is 18.5. The van der Waals surface area contributed by atoms with Crippen LogP contribution in [0.2, 0.25) is 0 Å². The van der Waals surface area contributed by atoms with E-state index >= 15 is 0 Å². The normalized spacial score (nSPS) is 14.3. The lowest BCUT2D eigenvalue weighted by molar-refractivity contribution is 0.0748. The van der Waals surface area contributed by atoms with E-state index in [0.717, 1.165) is 24.3 Å². The van der Waals surface area contributed by atoms with Gasteiger partial charge in [0.15, 0.2) is 5.65 Å². The minimum atomic E-state index is -0.00693. The first-order chi connectivity index (χ1) is 15.6. The number of fused-ring (bicyclic) bond motifs is 1. The molecule has 32 heavy (non-hydrogen) atoms. The summed E-state index contributed by atoms with van der Waals surface area (Å²) >= 11 is 0. The van der Waals surface area contributed by atoms with E-state index < -0.39 is 0 Å². The minimum absolute atomic E-state index is 0.00693. The molecule has 162 valence electrons. The molecule has 0 unspecified atom stereocenters. The number of carbonyl (C=O) groups is 1. The molecule has 1 amide bonds. The summed E-state index contributed by atoms with van der Waals surface area (Å²) in [6.45, 7) is 7.37. The van der Waals surface area contributed by atoms with Crippen molar-refractivity contribution in [3.05, 3.63) is 84.2 Å². The van der Waals surface area contributed by atoms with Crippen molar-refractivity contribution in [2.24, 2.45) is 0 Å². The first-order valence-electron chi connectivity index (χ1n) is 11.1. The molecule has 0 aliphatic carbocycles. The Kier molecular flexibility index (Phi) is 5.35. The van der Waals surface area contributed by atoms with Crippen LogP contribution >= 0.6 is 0 Å². The van der Waals surface area contributed by atoms with Crippen molar-refractivity contribution in [2.75, 3.05) is 31.1 Å². The highest BCUT2D eigenvalue weighted by molar-refractivity contribution is 6.00. The summed E-state index contributed by atoms with van der Waals surface area (Å²) in [5, 5.41) is 4.53. The van der Waals surface area contributed by atoms with E-state index in [0.29, 0.717) is 30.2 Å². The van der Waals surface area contributed by atoms with Crippen LogP contribution in [0.1, 0.15) is 35.7 Å². The van der Waals surface area contributed by atoms with Gasteiger partial charge in [-0.1, -0.05) is 56.3 Å². The molecule has 0 N–H and O–H groups in total. The maximum atomic E-state index is 13.3. The molecular formula is C26H27N5O. The molecule has 0 atom stereocenters. The lowest BCUT2D eigenvalue weighted by Crippen LogP contribution is -2.48. The predicted molar refractivity (Wildman–Crippen MR) is 127 cm³/mol. The summed E-state index contributed by atoms with van der Waals surface area (Å²) in [6, 6.07) is 20.8. The Hall–Kier alpha value is -3.67. The highest BCUT2D eigenvalue weighted by Gasteiger charge is 2.25. The van der Waals surface area contributed by atoms with Crippen LogP contribution in [0.3, 0.4) is 0 Å². The number of aromatic nitrogens is 3. The molecule has 4 aromatic rings. The van der Waals surface area contributed by atoms with Crippen LogP contribution in [0.25, 0.3) is 16.9 Å². The molecule has 2 aromatic carbocycles. The van der Waals surface area contributed by atoms with Gasteiger partial charge < -0.3 is 9.80 Å². The topological polar surface area (TPSA) is 53.7 Å². The van der Waals surface area contributed by atoms with Crippen LogP contribution in [0.4, 0.5) is 5.69 Å². The monoisotopic (exact) mass is 425 g/mol. The van der Waals surface area contributed by atoms with Crippen molar-refractivity contribution >= 4 is 17.2 Å². The van der Waals surface area contributed by atoms with E-state index in [2.05, 4.69) is 65.2 Å². The van der Waals surface area contributed by atoms with E-state index in [1.807, 2.05) is 29.2 Å². The fraction of sp³-hybridized carbons (Fsp3) is 0.269. The van der Waals surface area contributed by atoms with Crippen LogP contribution < -0.4 is 4.90 Å². The number of para-hydroxylation sites is 1. The van der Waals surface area contributed by atoms with Crippen LogP contribution in [0.5, 0.6) is 0 Å². The first kappa shape index (κ1) is 20.2. The fourth-order valence-electron chi connectivity index (χ4n) is 4.28. The number of nitrogens with zero attached hydrogens (tertiary/aromatic N) is 5. The van der Waals surface area contributed by atoms with Crippen LogP contribution in [-0.2, 0) is 0 Å². The standard InChI is InChI=1S/C26H27N5O/c1-19(2)20-8-10-21(11-9-20)24-12-13-27-25-23(18-28-31(24)25)26(32)30-16-14-29(15-17-30)22-6-4-3-5-7-22/h3-13,18-19H,14-17H2,1-2H3. The van der Waals surface area contributed by atoms with Gasteiger partial charge >= 0.3 is 0 Å². The molecule has 3 heterocycles. The lowest BCUT2D eigenvalue weighted by atomic mass is 10.0. The van der Waals surface area contributed by atoms with Crippen molar-refractivity contribution in [3.8, 4) is 11.3 Å². The van der Waals surface area contributed by atoms with E-state index in [9.17, 15) is 4.79 Å². The molecule has 0 bridgehead atoms. The SMILES string of the molecule is CC(C)c1ccc(-c2ccnc3c(C(=O)N4CCN(c5ccccc5)CC4)cnn23)cc1. The summed E-state index contributed by atoms with van der Waals surface area (Å²) in [5.74, 6) is 0.477. The number of hydrogen-bond donors (Lipinski definition) is 0. The summed E-state index contributed by atoms with van der Waals surface area (Å²) < 4.78 is 1.78. The quantitative estimate of drug-likeness (QED) is 0.484. The second-order valence-electron chi connectivity index (χ2n) is 8.52. The van der Waals surface area contributed by atoms with Gasteiger partial charge in [0.05, 0.1) is 11.9 Å². The lowest BCUT2D eigenvalue weighted by Gasteiger charge is -2.36. The number of amides is 1. The highest BCUT2D eigenvalue weighted by atomic mass is 16.2. The Bertz CT molecular complexity index is 1220. The molecule has 1 aliphatic rings. The van der Waals surface area contributed by atoms with E-state index in [1.165, 1.54) is 11.3 Å². The Balaban J connectivity index is 1.37. The Morgan fingerprint density at radius 3 is 2.31 bits per heavy atom. The number of carbonyl (C=O) groups excluding carboxylic acids is 1. The van der Waals surface area contributed by atoms with Crippen molar-refractivity contribution in [1.29, 1.82) is 0 Å². The second kappa shape index (κ2) is 8.46. The van der Waals surface area contributed by atoms with Crippen LogP contribution in [0.15, 0.2) is 73.1 Å². The van der Waals surface area contributed by atoms with Gasteiger partial charge in [0.25, 0.3) is 5.91 Å². The second-order valence-corrected chi connectivity index (χ2v) is 8.52. The third-order valence-electron chi connectivity index (χ3n) is 6.19. The number of benzene rings is 2. The maximum Gasteiger partial charge on any atom is 0.259 e. The molecule has 6 heteroatoms. The predicted octanol–water partition coefficient (Wildman–Crippen LogP) is 4.48. The van der Waals surface area contributed by atoms with Gasteiger partial charge in [-0.15, -0.1) is 0 Å². The van der Waals surface area contributed by atoms with Crippen molar-refractivity contribution in [2.45, 2.75) is 19.8 Å². The number of piperazine rings is 1. The van der Waals surface area contributed by atoms with Crippen LogP contribution in [0, 0.1) is 0 Å². The summed E-state index contributed by atoms with van der Waals surface area (Å²) in [4.78, 5) is 22.0. The molecule has 0 radical (unpaired) electrons. The molecule has 1 fully saturated rings. The zero-order chi connectivity index (χ0) is 22.1. The third kappa shape index (κ3) is 3.73. The summed E-state index contributed by atoms with van der Waals surface area (Å²) in [7, 11) is 0. The minimum Gasteiger partial charge on any atom is -0.368 e. The zero-order valence-corrected chi connectivity index (χ0v) is 18.5. The summed E-state index contributed by atoms with van der Waals surface area (Å²) in [6.07, 6.45) is 3.41. The summed E-state index contributed by atoms with van der Waals surface area (Å²) in [5.41, 5.74) is 5.64. The smallest absolute Gasteiger partial charge is 0.259 e. The number of rotatable bonds is 4. The van der Waals surface area contributed by atoms with E-state index in [4.69, 9.17) is 0 Å². The Morgan fingerprint density at radius 1 is 0.906 bits per heavy atom. The van der Waals surface area contributed by atoms with Gasteiger partial charge in [-0.05, 0) is 29.7 Å². The van der Waals surface area contributed by atoms with Crippen LogP contribution in [-0.4, -0.2) is 51.6 Å². The fourth-order valence-corrected chi connectivity index (χ4v) is 4.28. The van der Waals surface area contributed by atoms with Crippen molar-refractivity contribution in [3.63, 3.8) is 0 Å². The van der Waals surface area contributed by atoms with Gasteiger partial charge in [-0.25, -0.2) is 9.50 Å². The molecule has 0 saturated carbocycles. The average Bonchev–Trinajstić information content (AvgIpc) is 3.29. The molecule has 1 saturated heterocycles. The van der Waals surface area contributed by atoms with Gasteiger partial charge in [0, 0.05) is 43.6 Å². The van der Waals surface area contributed by atoms with Gasteiger partial charge in [0.1, 0.15) is 5.56 Å². The molecule has 6 nitrogen and oxygen atoms in total. The van der Waals surface area contributed by atoms with Crippen molar-refractivity contribution in [1.82, 2.24) is 19.5 Å². The number of hydrogen-bond acceptors (Lipinski definition) is 4. The number of anilines is 1. The Labute approximate surface area is 188 Å². The van der Waals surface area contributed by atoms with Gasteiger partial charge in [-0.3, -0.25) is 4.79 Å². The first-order valence-corrected chi connectivity index (χ1v) is 11.1. The van der Waals surface area contributed by atoms with Gasteiger partial charge in [0.2, 0.25) is 0 Å². The molecule has 1 aliphatic heterocycles. The maximum absolute atomic E-state index is 13.3. The van der Waals surface area contributed by atoms with E-state index in [-0.39, 0.29) is 5.91 Å². The third-order valence-corrected chi connectivity index (χ3v) is 6.19. The average molecular weight is 426 g/mol.